The van der Waals surface area contributed by atoms with Gasteiger partial charge in [-0.3, -0.25) is 10.2 Å². The lowest BCUT2D eigenvalue weighted by Crippen LogP contribution is -2.37. The summed E-state index contributed by atoms with van der Waals surface area (Å²) in [5, 5.41) is 12.9. The molecule has 0 spiro atoms. The number of hydrogen-bond donors (Lipinski definition) is 5. The van der Waals surface area contributed by atoms with Crippen molar-refractivity contribution in [2.24, 2.45) is 11.5 Å². The Morgan fingerprint density at radius 3 is 2.55 bits per heavy atom. The number of guanidine groups is 1. The highest BCUT2D eigenvalue weighted by molar-refractivity contribution is 8.23. The third-order valence-corrected chi connectivity index (χ3v) is 5.02. The Balaban J connectivity index is 2.40. The first-order chi connectivity index (χ1) is 10.5. The maximum atomic E-state index is 12.0. The molecule has 22 heavy (non-hydrogen) atoms. The molecule has 0 radical (unpaired) electrons. The predicted octanol–water partition coefficient (Wildman–Crippen LogP) is 0.244. The Labute approximate surface area is 132 Å². The first-order valence-electron chi connectivity index (χ1n) is 6.79. The molecule has 0 aromatic heterocycles. The Kier molecular flexibility index (Phi) is 7.41. The molecule has 6 N–H and O–H groups in total. The van der Waals surface area contributed by atoms with E-state index in [2.05, 4.69) is 11.9 Å². The van der Waals surface area contributed by atoms with Crippen LogP contribution in [0, 0.1) is 5.41 Å². The molecule has 1 unspecified atom stereocenters. The van der Waals surface area contributed by atoms with Gasteiger partial charge in [0.2, 0.25) is 0 Å². The van der Waals surface area contributed by atoms with Crippen LogP contribution in [-0.4, -0.2) is 35.7 Å². The van der Waals surface area contributed by atoms with Crippen LogP contribution in [0.5, 0.6) is 0 Å². The van der Waals surface area contributed by atoms with Crippen LogP contribution in [0.3, 0.4) is 0 Å². The summed E-state index contributed by atoms with van der Waals surface area (Å²) in [6.07, 6.45) is 6.06. The molecule has 1 heterocycles. The fourth-order valence-electron chi connectivity index (χ4n) is 1.77. The van der Waals surface area contributed by atoms with Crippen molar-refractivity contribution in [3.8, 4) is 0 Å². The lowest BCUT2D eigenvalue weighted by molar-refractivity contribution is -0.159. The molecular formula is C14H22N4O3S. The van der Waals surface area contributed by atoms with Crippen LogP contribution in [0.2, 0.25) is 0 Å². The molecule has 0 saturated carbocycles. The maximum Gasteiger partial charge on any atom is 0.330 e. The summed E-state index contributed by atoms with van der Waals surface area (Å²) in [5.41, 5.74) is 10.8. The monoisotopic (exact) mass is 326 g/mol. The van der Waals surface area contributed by atoms with E-state index in [1.54, 1.807) is 0 Å². The molecule has 122 valence electrons. The number of nitrogens with one attached hydrogen (secondary N) is 2. The zero-order valence-corrected chi connectivity index (χ0v) is 13.1. The van der Waals surface area contributed by atoms with Crippen LogP contribution in [0.4, 0.5) is 0 Å². The minimum absolute atomic E-state index is 0.139. The van der Waals surface area contributed by atoms with Gasteiger partial charge in [-0.05, 0) is 23.7 Å². The van der Waals surface area contributed by atoms with E-state index >= 15 is 0 Å². The summed E-state index contributed by atoms with van der Waals surface area (Å²) < 4.78 is 4.84. The molecule has 8 heteroatoms. The van der Waals surface area contributed by atoms with Gasteiger partial charge >= 0.3 is 11.9 Å². The molecule has 7 nitrogen and oxygen atoms in total. The maximum absolute atomic E-state index is 12.0. The van der Waals surface area contributed by atoms with E-state index in [4.69, 9.17) is 21.6 Å². The first kappa shape index (κ1) is 18.0. The van der Waals surface area contributed by atoms with Crippen LogP contribution in [-0.2, 0) is 14.3 Å². The van der Waals surface area contributed by atoms with E-state index in [-0.39, 0.29) is 5.96 Å². The first-order valence-corrected chi connectivity index (χ1v) is 8.34. The zero-order valence-electron chi connectivity index (χ0n) is 12.2. The predicted molar refractivity (Wildman–Crippen MR) is 89.5 cm³/mol. The van der Waals surface area contributed by atoms with E-state index < -0.39 is 34.1 Å². The van der Waals surface area contributed by atoms with Gasteiger partial charge in [0.25, 0.3) is 0 Å². The van der Waals surface area contributed by atoms with Crippen molar-refractivity contribution < 1.29 is 14.3 Å². The highest BCUT2D eigenvalue weighted by atomic mass is 32.2. The van der Waals surface area contributed by atoms with Gasteiger partial charge < -0.3 is 21.5 Å². The van der Waals surface area contributed by atoms with Crippen LogP contribution in [0.15, 0.2) is 35.6 Å². The van der Waals surface area contributed by atoms with Crippen molar-refractivity contribution in [3.05, 3.63) is 35.6 Å². The fourth-order valence-corrected chi connectivity index (χ4v) is 3.38. The van der Waals surface area contributed by atoms with Crippen LogP contribution in [0.1, 0.15) is 12.8 Å². The van der Waals surface area contributed by atoms with Gasteiger partial charge in [0, 0.05) is 6.54 Å². The molecule has 1 rings (SSSR count). The third kappa shape index (κ3) is 5.74. The Bertz CT molecular complexity index is 492. The van der Waals surface area contributed by atoms with Crippen molar-refractivity contribution in [1.29, 1.82) is 5.41 Å². The summed E-state index contributed by atoms with van der Waals surface area (Å²) in [6.45, 7) is 4.05. The van der Waals surface area contributed by atoms with Crippen molar-refractivity contribution in [1.82, 2.24) is 5.32 Å². The van der Waals surface area contributed by atoms with Gasteiger partial charge in [0.05, 0.1) is 0 Å². The number of esters is 2. The minimum atomic E-state index is -0.884. The standard InChI is InChI=1S/C14H22N4O3S/c1-2-11(22-8-3-4-9-22)13(20)21-12(19)10(15)6-5-7-18-14(16)17/h2-4,8-11,22H,1,5-7,15H2,(H4,16,17,18)/t10-,11?/m0/s1. The lowest BCUT2D eigenvalue weighted by atomic mass is 10.2. The quantitative estimate of drug-likeness (QED) is 0.0826. The van der Waals surface area contributed by atoms with Crippen LogP contribution >= 0.6 is 10.9 Å². The van der Waals surface area contributed by atoms with Gasteiger partial charge in [-0.2, -0.15) is 10.9 Å². The summed E-state index contributed by atoms with van der Waals surface area (Å²) >= 11 is 0. The van der Waals surface area contributed by atoms with E-state index in [9.17, 15) is 9.59 Å². The van der Waals surface area contributed by atoms with Gasteiger partial charge in [0.15, 0.2) is 5.96 Å². The third-order valence-electron chi connectivity index (χ3n) is 2.92. The number of hydrogen-bond acceptors (Lipinski definition) is 5. The molecule has 0 aliphatic carbocycles. The van der Waals surface area contributed by atoms with E-state index in [1.165, 1.54) is 6.08 Å². The molecule has 0 aromatic carbocycles. The molecule has 0 fully saturated rings. The minimum Gasteiger partial charge on any atom is -0.391 e. The van der Waals surface area contributed by atoms with Gasteiger partial charge in [-0.1, -0.05) is 18.2 Å². The number of thiol groups is 1. The Morgan fingerprint density at radius 2 is 2.00 bits per heavy atom. The zero-order chi connectivity index (χ0) is 16.5. The Morgan fingerprint density at radius 1 is 1.36 bits per heavy atom. The molecule has 2 atom stereocenters. The molecule has 0 bridgehead atoms. The number of ether oxygens (including phenoxy) is 1. The normalized spacial score (nSPS) is 16.9. The SMILES string of the molecule is C=CC(C(=O)OC(=O)[C@@H](N)CCCNC(=N)N)[SH]1C=CC=C1. The second-order valence-corrected chi connectivity index (χ2v) is 6.69. The summed E-state index contributed by atoms with van der Waals surface area (Å²) in [7, 11) is -0.813. The number of rotatable bonds is 8. The summed E-state index contributed by atoms with van der Waals surface area (Å²) in [4.78, 5) is 23.8. The number of carbonyl (C=O) groups is 2. The summed E-state index contributed by atoms with van der Waals surface area (Å²) in [5.74, 6) is -1.51. The number of carbonyl (C=O) groups excluding carboxylic acids is 2. The second kappa shape index (κ2) is 9.06. The molecule has 0 amide bonds. The molecule has 1 aliphatic rings. The van der Waals surface area contributed by atoms with E-state index in [0.29, 0.717) is 19.4 Å². The smallest absolute Gasteiger partial charge is 0.330 e. The second-order valence-electron chi connectivity index (χ2n) is 4.64. The van der Waals surface area contributed by atoms with E-state index in [1.807, 2.05) is 23.0 Å². The van der Waals surface area contributed by atoms with Crippen molar-refractivity contribution >= 4 is 28.8 Å². The average molecular weight is 326 g/mol. The van der Waals surface area contributed by atoms with Crippen molar-refractivity contribution in [2.75, 3.05) is 6.54 Å². The van der Waals surface area contributed by atoms with Gasteiger partial charge in [0.1, 0.15) is 11.3 Å². The largest absolute Gasteiger partial charge is 0.391 e. The van der Waals surface area contributed by atoms with Crippen LogP contribution < -0.4 is 16.8 Å². The number of nitrogens with two attached hydrogens (primary N) is 2. The van der Waals surface area contributed by atoms with Crippen molar-refractivity contribution in [3.63, 3.8) is 0 Å². The lowest BCUT2D eigenvalue weighted by Gasteiger charge is -2.19. The molecule has 0 saturated heterocycles. The van der Waals surface area contributed by atoms with Gasteiger partial charge in [-0.25, -0.2) is 4.79 Å². The highest BCUT2D eigenvalue weighted by Crippen LogP contribution is 2.39. The average Bonchev–Trinajstić information content (AvgIpc) is 2.97. The van der Waals surface area contributed by atoms with Crippen molar-refractivity contribution in [2.45, 2.75) is 24.1 Å². The molecule has 0 aromatic rings. The highest BCUT2D eigenvalue weighted by Gasteiger charge is 2.26. The van der Waals surface area contributed by atoms with E-state index in [0.717, 1.165) is 0 Å². The number of allylic oxidation sites excluding steroid dienone is 2. The topological polar surface area (TPSA) is 131 Å². The van der Waals surface area contributed by atoms with Gasteiger partial charge in [-0.15, -0.1) is 6.58 Å². The molecular weight excluding hydrogens is 304 g/mol. The fraction of sp³-hybridized carbons (Fsp3) is 0.357. The summed E-state index contributed by atoms with van der Waals surface area (Å²) in [6, 6.07) is -0.884. The molecule has 1 aliphatic heterocycles. The Hall–Kier alpha value is -2.06. The van der Waals surface area contributed by atoms with Crippen LogP contribution in [0.25, 0.3) is 0 Å².